The predicted octanol–water partition coefficient (Wildman–Crippen LogP) is 2.00. The van der Waals surface area contributed by atoms with Crippen LogP contribution in [0.3, 0.4) is 0 Å². The number of nitrogens with zero attached hydrogens (tertiary/aromatic N) is 4. The predicted molar refractivity (Wildman–Crippen MR) is 98.4 cm³/mol. The lowest BCUT2D eigenvalue weighted by Gasteiger charge is -2.34. The van der Waals surface area contributed by atoms with E-state index in [1.807, 2.05) is 0 Å². The lowest BCUT2D eigenvalue weighted by atomic mass is 10.1. The summed E-state index contributed by atoms with van der Waals surface area (Å²) in [6.07, 6.45) is 0. The fraction of sp³-hybridized carbons (Fsp3) is 0.500. The first-order chi connectivity index (χ1) is 10.7. The summed E-state index contributed by atoms with van der Waals surface area (Å²) in [5, 5.41) is 3.96. The van der Waals surface area contributed by atoms with E-state index >= 15 is 0 Å². The molecular weight excluding hydrogens is 349 g/mol. The molecule has 134 valence electrons. The van der Waals surface area contributed by atoms with Crippen molar-refractivity contribution in [3.05, 3.63) is 47.1 Å². The standard InChI is InChI=1S/C16H23N5O.2ClH/c1-13-4-2-3-5-14(13)11-20-6-8-21(9-7-20)12-15-18-16(10-17)22-19-15;;/h2-5H,6-12,17H2,1H3;2*1H. The van der Waals surface area contributed by atoms with Crippen molar-refractivity contribution < 1.29 is 4.52 Å². The van der Waals surface area contributed by atoms with Crippen LogP contribution in [0.15, 0.2) is 28.8 Å². The zero-order valence-electron chi connectivity index (χ0n) is 13.9. The molecule has 2 aromatic rings. The third-order valence-electron chi connectivity index (χ3n) is 4.17. The van der Waals surface area contributed by atoms with Gasteiger partial charge in [0.05, 0.1) is 13.1 Å². The summed E-state index contributed by atoms with van der Waals surface area (Å²) in [5.41, 5.74) is 8.27. The van der Waals surface area contributed by atoms with Crippen LogP contribution in [0.4, 0.5) is 0 Å². The van der Waals surface area contributed by atoms with E-state index < -0.39 is 0 Å². The van der Waals surface area contributed by atoms with E-state index in [2.05, 4.69) is 51.1 Å². The van der Waals surface area contributed by atoms with Gasteiger partial charge in [-0.3, -0.25) is 9.80 Å². The van der Waals surface area contributed by atoms with Crippen molar-refractivity contribution in [1.29, 1.82) is 0 Å². The Morgan fingerprint density at radius 3 is 2.25 bits per heavy atom. The molecule has 2 N–H and O–H groups in total. The SMILES string of the molecule is Cc1ccccc1CN1CCN(Cc2noc(CN)n2)CC1.Cl.Cl. The summed E-state index contributed by atoms with van der Waals surface area (Å²) in [6, 6.07) is 8.60. The molecule has 2 heterocycles. The number of hydrogen-bond donors (Lipinski definition) is 1. The first kappa shape index (κ1) is 20.9. The normalized spacial score (nSPS) is 15.6. The van der Waals surface area contributed by atoms with E-state index in [1.165, 1.54) is 11.1 Å². The van der Waals surface area contributed by atoms with Crippen molar-refractivity contribution >= 4 is 24.8 Å². The molecule has 1 saturated heterocycles. The van der Waals surface area contributed by atoms with Gasteiger partial charge in [-0.25, -0.2) is 0 Å². The van der Waals surface area contributed by atoms with E-state index in [0.717, 1.165) is 45.1 Å². The lowest BCUT2D eigenvalue weighted by molar-refractivity contribution is 0.119. The molecule has 0 atom stereocenters. The van der Waals surface area contributed by atoms with Crippen LogP contribution in [-0.2, 0) is 19.6 Å². The van der Waals surface area contributed by atoms with Crippen LogP contribution in [0.1, 0.15) is 22.8 Å². The first-order valence-corrected chi connectivity index (χ1v) is 7.75. The number of piperazine rings is 1. The quantitative estimate of drug-likeness (QED) is 0.863. The maximum Gasteiger partial charge on any atom is 0.240 e. The maximum absolute atomic E-state index is 5.48. The highest BCUT2D eigenvalue weighted by atomic mass is 35.5. The van der Waals surface area contributed by atoms with Crippen LogP contribution in [0.25, 0.3) is 0 Å². The van der Waals surface area contributed by atoms with Gasteiger partial charge in [-0.05, 0) is 18.1 Å². The van der Waals surface area contributed by atoms with Crippen molar-refractivity contribution in [2.24, 2.45) is 5.73 Å². The van der Waals surface area contributed by atoms with Gasteiger partial charge in [-0.2, -0.15) is 4.98 Å². The van der Waals surface area contributed by atoms with Gasteiger partial charge in [0.2, 0.25) is 5.89 Å². The summed E-state index contributed by atoms with van der Waals surface area (Å²) < 4.78 is 5.05. The Hall–Kier alpha value is -1.18. The molecule has 0 bridgehead atoms. The summed E-state index contributed by atoms with van der Waals surface area (Å²) >= 11 is 0. The van der Waals surface area contributed by atoms with Gasteiger partial charge in [0.1, 0.15) is 0 Å². The van der Waals surface area contributed by atoms with E-state index in [1.54, 1.807) is 0 Å². The van der Waals surface area contributed by atoms with Crippen molar-refractivity contribution in [1.82, 2.24) is 19.9 Å². The van der Waals surface area contributed by atoms with Crippen molar-refractivity contribution in [3.8, 4) is 0 Å². The second kappa shape index (κ2) is 9.96. The second-order valence-electron chi connectivity index (χ2n) is 5.79. The van der Waals surface area contributed by atoms with Gasteiger partial charge in [0, 0.05) is 32.7 Å². The van der Waals surface area contributed by atoms with Gasteiger partial charge >= 0.3 is 0 Å². The van der Waals surface area contributed by atoms with Gasteiger partial charge < -0.3 is 10.3 Å². The van der Waals surface area contributed by atoms with E-state index in [9.17, 15) is 0 Å². The average Bonchev–Trinajstić information content (AvgIpc) is 2.99. The van der Waals surface area contributed by atoms with Crippen LogP contribution in [0.5, 0.6) is 0 Å². The Balaban J connectivity index is 0.00000144. The molecule has 6 nitrogen and oxygen atoms in total. The number of hydrogen-bond acceptors (Lipinski definition) is 6. The van der Waals surface area contributed by atoms with Gasteiger partial charge in [-0.15, -0.1) is 24.8 Å². The molecule has 1 aliphatic rings. The minimum absolute atomic E-state index is 0. The second-order valence-corrected chi connectivity index (χ2v) is 5.79. The van der Waals surface area contributed by atoms with Crippen LogP contribution in [0, 0.1) is 6.92 Å². The zero-order chi connectivity index (χ0) is 15.4. The molecule has 0 radical (unpaired) electrons. The summed E-state index contributed by atoms with van der Waals surface area (Å²) in [5.74, 6) is 1.24. The molecular formula is C16H25Cl2N5O. The average molecular weight is 374 g/mol. The van der Waals surface area contributed by atoms with E-state index in [-0.39, 0.29) is 24.8 Å². The molecule has 1 aliphatic heterocycles. The van der Waals surface area contributed by atoms with E-state index in [4.69, 9.17) is 10.3 Å². The lowest BCUT2D eigenvalue weighted by Crippen LogP contribution is -2.45. The summed E-state index contributed by atoms with van der Waals surface area (Å²) in [4.78, 5) is 9.12. The van der Waals surface area contributed by atoms with Crippen LogP contribution in [0.2, 0.25) is 0 Å². The number of nitrogens with two attached hydrogens (primary N) is 1. The fourth-order valence-corrected chi connectivity index (χ4v) is 2.77. The number of rotatable bonds is 5. The van der Waals surface area contributed by atoms with Crippen LogP contribution in [-0.4, -0.2) is 46.1 Å². The Labute approximate surface area is 155 Å². The largest absolute Gasteiger partial charge is 0.338 e. The third kappa shape index (κ3) is 5.43. The first-order valence-electron chi connectivity index (χ1n) is 7.75. The van der Waals surface area contributed by atoms with Gasteiger partial charge in [0.15, 0.2) is 5.82 Å². The summed E-state index contributed by atoms with van der Waals surface area (Å²) in [7, 11) is 0. The van der Waals surface area contributed by atoms with Crippen molar-refractivity contribution in [3.63, 3.8) is 0 Å². The smallest absolute Gasteiger partial charge is 0.240 e. The monoisotopic (exact) mass is 373 g/mol. The molecule has 24 heavy (non-hydrogen) atoms. The number of benzene rings is 1. The molecule has 1 fully saturated rings. The molecule has 0 spiro atoms. The molecule has 0 unspecified atom stereocenters. The zero-order valence-corrected chi connectivity index (χ0v) is 15.5. The molecule has 8 heteroatoms. The Kier molecular flexibility index (Phi) is 8.66. The maximum atomic E-state index is 5.48. The molecule has 3 rings (SSSR count). The van der Waals surface area contributed by atoms with E-state index in [0.29, 0.717) is 12.4 Å². The fourth-order valence-electron chi connectivity index (χ4n) is 2.77. The molecule has 0 saturated carbocycles. The van der Waals surface area contributed by atoms with Crippen molar-refractivity contribution in [2.75, 3.05) is 26.2 Å². The number of aromatic nitrogens is 2. The minimum Gasteiger partial charge on any atom is -0.338 e. The van der Waals surface area contributed by atoms with Gasteiger partial charge in [-0.1, -0.05) is 29.4 Å². The Morgan fingerprint density at radius 2 is 1.67 bits per heavy atom. The number of aryl methyl sites for hydroxylation is 1. The molecule has 1 aromatic carbocycles. The number of halogens is 2. The van der Waals surface area contributed by atoms with Crippen LogP contribution >= 0.6 is 24.8 Å². The topological polar surface area (TPSA) is 71.4 Å². The highest BCUT2D eigenvalue weighted by Crippen LogP contribution is 2.13. The van der Waals surface area contributed by atoms with Crippen molar-refractivity contribution in [2.45, 2.75) is 26.6 Å². The molecule has 0 amide bonds. The van der Waals surface area contributed by atoms with Crippen LogP contribution < -0.4 is 5.73 Å². The molecule has 0 aliphatic carbocycles. The molecule has 1 aromatic heterocycles. The third-order valence-corrected chi connectivity index (χ3v) is 4.17. The van der Waals surface area contributed by atoms with Gasteiger partial charge in [0.25, 0.3) is 0 Å². The summed E-state index contributed by atoms with van der Waals surface area (Å²) in [6.45, 7) is 8.43. The minimum atomic E-state index is 0. The Bertz CT molecular complexity index is 614. The highest BCUT2D eigenvalue weighted by molar-refractivity contribution is 5.85. The Morgan fingerprint density at radius 1 is 1.04 bits per heavy atom. The highest BCUT2D eigenvalue weighted by Gasteiger charge is 2.19.